The van der Waals surface area contributed by atoms with Gasteiger partial charge in [-0.05, 0) is 36.8 Å². The van der Waals surface area contributed by atoms with E-state index in [2.05, 4.69) is 15.0 Å². The average Bonchev–Trinajstić information content (AvgIpc) is 3.30. The van der Waals surface area contributed by atoms with Gasteiger partial charge in [-0.3, -0.25) is 4.90 Å². The van der Waals surface area contributed by atoms with Crippen LogP contribution in [0.3, 0.4) is 0 Å². The molecule has 5 rings (SSSR count). The van der Waals surface area contributed by atoms with Gasteiger partial charge < -0.3 is 23.5 Å². The third kappa shape index (κ3) is 4.12. The molecule has 0 saturated carbocycles. The Bertz CT molecular complexity index is 1260. The molecule has 31 heavy (non-hydrogen) atoms. The number of fused-ring (bicyclic) bond motifs is 2. The van der Waals surface area contributed by atoms with Crippen molar-refractivity contribution in [2.45, 2.75) is 6.42 Å². The molecule has 4 aromatic rings. The first-order valence-electron chi connectivity index (χ1n) is 10.4. The number of ether oxygens (including phenoxy) is 2. The summed E-state index contributed by atoms with van der Waals surface area (Å²) in [5.74, 6) is 1.16. The predicted molar refractivity (Wildman–Crippen MR) is 115 cm³/mol. The number of hydrogen-bond donors (Lipinski definition) is 1. The fourth-order valence-corrected chi connectivity index (χ4v) is 3.88. The van der Waals surface area contributed by atoms with E-state index < -0.39 is 0 Å². The highest BCUT2D eigenvalue weighted by atomic mass is 16.5. The van der Waals surface area contributed by atoms with Crippen LogP contribution < -0.4 is 10.1 Å². The summed E-state index contributed by atoms with van der Waals surface area (Å²) in [6.45, 7) is 5.05. The maximum Gasteiger partial charge on any atom is 0.155 e. The molecule has 4 heterocycles. The zero-order chi connectivity index (χ0) is 21.0. The van der Waals surface area contributed by atoms with Gasteiger partial charge in [0.05, 0.1) is 31.5 Å². The summed E-state index contributed by atoms with van der Waals surface area (Å²) in [5.41, 5.74) is 2.24. The fourth-order valence-electron chi connectivity index (χ4n) is 3.88. The molecule has 8 heteroatoms. The van der Waals surface area contributed by atoms with Crippen molar-refractivity contribution in [2.75, 3.05) is 39.5 Å². The molecule has 8 nitrogen and oxygen atoms in total. The van der Waals surface area contributed by atoms with Crippen LogP contribution in [-0.2, 0) is 4.74 Å². The van der Waals surface area contributed by atoms with Crippen molar-refractivity contribution >= 4 is 16.5 Å². The van der Waals surface area contributed by atoms with Crippen LogP contribution in [0.4, 0.5) is 0 Å². The standard InChI is InChI=1S/C23H24N4O4/c28-25-19-15-22(18-14-17-4-2-8-27(17)16-24-18)31-21-6-1-5-20(23(19)21)30-11-3-7-26-9-12-29-13-10-26/h1-2,4-6,8,14-16,28H,3,7,9-13H2/b25-19+. The van der Waals surface area contributed by atoms with Crippen LogP contribution in [0.5, 0.6) is 5.75 Å². The zero-order valence-electron chi connectivity index (χ0n) is 17.1. The molecule has 160 valence electrons. The monoisotopic (exact) mass is 420 g/mol. The van der Waals surface area contributed by atoms with Gasteiger partial charge in [-0.15, -0.1) is 0 Å². The minimum Gasteiger partial charge on any atom is -0.493 e. The molecule has 1 saturated heterocycles. The van der Waals surface area contributed by atoms with Crippen molar-refractivity contribution in [3.8, 4) is 17.2 Å². The minimum absolute atomic E-state index is 0.386. The van der Waals surface area contributed by atoms with Gasteiger partial charge in [-0.1, -0.05) is 11.2 Å². The molecule has 0 atom stereocenters. The Morgan fingerprint density at radius 1 is 1.13 bits per heavy atom. The first kappa shape index (κ1) is 19.6. The van der Waals surface area contributed by atoms with E-state index in [-0.39, 0.29) is 0 Å². The average molecular weight is 420 g/mol. The van der Waals surface area contributed by atoms with Gasteiger partial charge in [-0.2, -0.15) is 0 Å². The Balaban J connectivity index is 1.40. The molecule has 1 aliphatic rings. The predicted octanol–water partition coefficient (Wildman–Crippen LogP) is 3.14. The van der Waals surface area contributed by atoms with Crippen molar-refractivity contribution in [2.24, 2.45) is 5.16 Å². The highest BCUT2D eigenvalue weighted by Crippen LogP contribution is 2.27. The van der Waals surface area contributed by atoms with Gasteiger partial charge >= 0.3 is 0 Å². The number of hydrogen-bond acceptors (Lipinski definition) is 7. The van der Waals surface area contributed by atoms with E-state index >= 15 is 0 Å². The lowest BCUT2D eigenvalue weighted by Crippen LogP contribution is -2.37. The molecule has 1 aromatic carbocycles. The van der Waals surface area contributed by atoms with E-state index in [0.29, 0.717) is 40.1 Å². The summed E-state index contributed by atoms with van der Waals surface area (Å²) in [6.07, 6.45) is 4.56. The Labute approximate surface area is 178 Å². The molecule has 0 amide bonds. The Hall–Kier alpha value is -3.36. The molecule has 0 bridgehead atoms. The van der Waals surface area contributed by atoms with Gasteiger partial charge in [-0.25, -0.2) is 4.98 Å². The van der Waals surface area contributed by atoms with Gasteiger partial charge in [0, 0.05) is 37.4 Å². The lowest BCUT2D eigenvalue weighted by atomic mass is 10.1. The summed E-state index contributed by atoms with van der Waals surface area (Å²) >= 11 is 0. The lowest BCUT2D eigenvalue weighted by molar-refractivity contribution is 0.0358. The van der Waals surface area contributed by atoms with Crippen molar-refractivity contribution in [3.05, 3.63) is 60.3 Å². The summed E-state index contributed by atoms with van der Waals surface area (Å²) < 4.78 is 19.5. The number of aromatic nitrogens is 2. The summed E-state index contributed by atoms with van der Waals surface area (Å²) in [4.78, 5) is 6.84. The number of nitrogens with zero attached hydrogens (tertiary/aromatic N) is 4. The number of rotatable bonds is 6. The van der Waals surface area contributed by atoms with Crippen LogP contribution in [0.2, 0.25) is 0 Å². The van der Waals surface area contributed by atoms with Gasteiger partial charge in [0.25, 0.3) is 0 Å². The second-order valence-electron chi connectivity index (χ2n) is 7.50. The van der Waals surface area contributed by atoms with Crippen LogP contribution in [0.15, 0.2) is 64.6 Å². The lowest BCUT2D eigenvalue weighted by Gasteiger charge is -2.26. The normalized spacial score (nSPS) is 15.7. The number of benzene rings is 1. The third-order valence-corrected chi connectivity index (χ3v) is 5.49. The molecule has 0 aliphatic carbocycles. The molecule has 1 aliphatic heterocycles. The van der Waals surface area contributed by atoms with E-state index in [1.54, 1.807) is 12.4 Å². The zero-order valence-corrected chi connectivity index (χ0v) is 17.1. The highest BCUT2D eigenvalue weighted by Gasteiger charge is 2.13. The molecule has 1 fully saturated rings. The molecular formula is C23H24N4O4. The van der Waals surface area contributed by atoms with Gasteiger partial charge in [0.1, 0.15) is 22.4 Å². The van der Waals surface area contributed by atoms with Crippen LogP contribution in [0, 0.1) is 0 Å². The van der Waals surface area contributed by atoms with Crippen molar-refractivity contribution in [1.82, 2.24) is 14.3 Å². The van der Waals surface area contributed by atoms with Crippen LogP contribution in [0.25, 0.3) is 27.9 Å². The SMILES string of the molecule is O/N=c1\cc(-c2cc3cccn3cn2)oc2cccc(OCCCN3CCOCC3)c12. The topological polar surface area (TPSA) is 84.7 Å². The molecule has 1 N–H and O–H groups in total. The van der Waals surface area contributed by atoms with E-state index in [1.165, 1.54) is 0 Å². The van der Waals surface area contributed by atoms with Gasteiger partial charge in [0.15, 0.2) is 5.76 Å². The summed E-state index contributed by atoms with van der Waals surface area (Å²) in [5, 5.41) is 14.2. The maximum atomic E-state index is 9.70. The van der Waals surface area contributed by atoms with Crippen LogP contribution >= 0.6 is 0 Å². The Morgan fingerprint density at radius 2 is 2.03 bits per heavy atom. The summed E-state index contributed by atoms with van der Waals surface area (Å²) in [6, 6.07) is 13.1. The molecule has 0 spiro atoms. The molecule has 0 radical (unpaired) electrons. The first-order valence-corrected chi connectivity index (χ1v) is 10.4. The minimum atomic E-state index is 0.386. The van der Waals surface area contributed by atoms with Crippen molar-refractivity contribution in [1.29, 1.82) is 0 Å². The van der Waals surface area contributed by atoms with Crippen molar-refractivity contribution in [3.63, 3.8) is 0 Å². The van der Waals surface area contributed by atoms with E-state index in [0.717, 1.165) is 44.8 Å². The largest absolute Gasteiger partial charge is 0.493 e. The Morgan fingerprint density at radius 3 is 2.90 bits per heavy atom. The quantitative estimate of drug-likeness (QED) is 0.293. The van der Waals surface area contributed by atoms with Crippen molar-refractivity contribution < 1.29 is 19.1 Å². The second kappa shape index (κ2) is 8.79. The third-order valence-electron chi connectivity index (χ3n) is 5.49. The first-order chi connectivity index (χ1) is 15.3. The van der Waals surface area contributed by atoms with Crippen LogP contribution in [-0.4, -0.2) is 58.9 Å². The Kier molecular flexibility index (Phi) is 5.56. The number of morpholine rings is 1. The molecular weight excluding hydrogens is 396 g/mol. The van der Waals surface area contributed by atoms with E-state index in [1.807, 2.05) is 47.0 Å². The highest BCUT2D eigenvalue weighted by molar-refractivity contribution is 5.84. The maximum absolute atomic E-state index is 9.70. The smallest absolute Gasteiger partial charge is 0.155 e. The molecule has 0 unspecified atom stereocenters. The summed E-state index contributed by atoms with van der Waals surface area (Å²) in [7, 11) is 0. The van der Waals surface area contributed by atoms with E-state index in [9.17, 15) is 5.21 Å². The molecule has 3 aromatic heterocycles. The van der Waals surface area contributed by atoms with E-state index in [4.69, 9.17) is 13.9 Å². The van der Waals surface area contributed by atoms with Crippen LogP contribution in [0.1, 0.15) is 6.42 Å². The fraction of sp³-hybridized carbons (Fsp3) is 0.304. The van der Waals surface area contributed by atoms with Gasteiger partial charge in [0.2, 0.25) is 0 Å². The second-order valence-corrected chi connectivity index (χ2v) is 7.50.